The van der Waals surface area contributed by atoms with Crippen LogP contribution in [0.3, 0.4) is 0 Å². The van der Waals surface area contributed by atoms with Gasteiger partial charge in [-0.2, -0.15) is 0 Å². The molecule has 20 heavy (non-hydrogen) atoms. The van der Waals surface area contributed by atoms with E-state index < -0.39 is 6.10 Å². The first kappa shape index (κ1) is 14.8. The highest BCUT2D eigenvalue weighted by molar-refractivity contribution is 5.32. The molecule has 0 bridgehead atoms. The van der Waals surface area contributed by atoms with E-state index >= 15 is 0 Å². The average molecular weight is 269 g/mol. The molecule has 2 aromatic carbocycles. The van der Waals surface area contributed by atoms with Crippen LogP contribution < -0.4 is 5.32 Å². The summed E-state index contributed by atoms with van der Waals surface area (Å²) in [6.07, 6.45) is -0.469. The number of rotatable bonds is 5. The summed E-state index contributed by atoms with van der Waals surface area (Å²) in [5.74, 6) is 0. The molecule has 0 saturated carbocycles. The van der Waals surface area contributed by atoms with Crippen LogP contribution in [0.5, 0.6) is 0 Å². The number of aliphatic hydroxyl groups is 1. The minimum absolute atomic E-state index is 0.230. The highest BCUT2D eigenvalue weighted by Gasteiger charge is 2.12. The molecule has 0 heterocycles. The molecule has 0 radical (unpaired) electrons. The van der Waals surface area contributed by atoms with Crippen LogP contribution >= 0.6 is 0 Å². The van der Waals surface area contributed by atoms with Gasteiger partial charge in [-0.1, -0.05) is 54.1 Å². The molecule has 2 rings (SSSR count). The van der Waals surface area contributed by atoms with Crippen LogP contribution in [0.2, 0.25) is 0 Å². The maximum absolute atomic E-state index is 10.2. The smallest absolute Gasteiger partial charge is 0.0914 e. The molecule has 0 aromatic heterocycles. The monoisotopic (exact) mass is 269 g/mol. The van der Waals surface area contributed by atoms with Gasteiger partial charge in [0.25, 0.3) is 0 Å². The molecule has 0 aliphatic carbocycles. The SMILES string of the molecule is Cc1ccc(C)c(C(C)NCC(O)c2ccccc2)c1. The Balaban J connectivity index is 1.98. The van der Waals surface area contributed by atoms with Crippen molar-refractivity contribution in [2.75, 3.05) is 6.54 Å². The van der Waals surface area contributed by atoms with Crippen molar-refractivity contribution in [1.82, 2.24) is 5.32 Å². The molecule has 0 fully saturated rings. The number of aryl methyl sites for hydroxylation is 2. The van der Waals surface area contributed by atoms with Crippen LogP contribution in [0.25, 0.3) is 0 Å². The summed E-state index contributed by atoms with van der Waals surface area (Å²) >= 11 is 0. The Morgan fingerprint density at radius 3 is 2.45 bits per heavy atom. The highest BCUT2D eigenvalue weighted by Crippen LogP contribution is 2.20. The topological polar surface area (TPSA) is 32.3 Å². The quantitative estimate of drug-likeness (QED) is 0.867. The second-order valence-electron chi connectivity index (χ2n) is 5.42. The Morgan fingerprint density at radius 2 is 1.75 bits per heavy atom. The Kier molecular flexibility index (Phi) is 4.94. The lowest BCUT2D eigenvalue weighted by Crippen LogP contribution is -2.25. The van der Waals surface area contributed by atoms with E-state index in [1.165, 1.54) is 16.7 Å². The van der Waals surface area contributed by atoms with Crippen molar-refractivity contribution in [2.24, 2.45) is 0 Å². The van der Waals surface area contributed by atoms with Gasteiger partial charge in [-0.3, -0.25) is 0 Å². The number of nitrogens with one attached hydrogen (secondary N) is 1. The van der Waals surface area contributed by atoms with Gasteiger partial charge in [0.1, 0.15) is 0 Å². The second kappa shape index (κ2) is 6.69. The molecule has 0 amide bonds. The zero-order valence-corrected chi connectivity index (χ0v) is 12.4. The maximum atomic E-state index is 10.2. The first-order valence-electron chi connectivity index (χ1n) is 7.11. The van der Waals surface area contributed by atoms with Crippen LogP contribution in [0, 0.1) is 13.8 Å². The van der Waals surface area contributed by atoms with Gasteiger partial charge >= 0.3 is 0 Å². The molecule has 0 aliphatic heterocycles. The fraction of sp³-hybridized carbons (Fsp3) is 0.333. The van der Waals surface area contributed by atoms with Gasteiger partial charge in [0.15, 0.2) is 0 Å². The summed E-state index contributed by atoms with van der Waals surface area (Å²) in [7, 11) is 0. The predicted octanol–water partition coefficient (Wildman–Crippen LogP) is 3.69. The lowest BCUT2D eigenvalue weighted by atomic mass is 9.99. The van der Waals surface area contributed by atoms with Gasteiger partial charge in [0, 0.05) is 12.6 Å². The van der Waals surface area contributed by atoms with E-state index in [2.05, 4.69) is 44.3 Å². The maximum Gasteiger partial charge on any atom is 0.0914 e. The van der Waals surface area contributed by atoms with Crippen molar-refractivity contribution < 1.29 is 5.11 Å². The third kappa shape index (κ3) is 3.69. The number of hydrogen-bond acceptors (Lipinski definition) is 2. The molecule has 0 spiro atoms. The van der Waals surface area contributed by atoms with Crippen molar-refractivity contribution >= 4 is 0 Å². The van der Waals surface area contributed by atoms with E-state index in [4.69, 9.17) is 0 Å². The molecule has 2 aromatic rings. The highest BCUT2D eigenvalue weighted by atomic mass is 16.3. The van der Waals surface area contributed by atoms with Gasteiger partial charge in [-0.15, -0.1) is 0 Å². The molecular formula is C18H23NO. The molecule has 2 N–H and O–H groups in total. The fourth-order valence-corrected chi connectivity index (χ4v) is 2.42. The summed E-state index contributed by atoms with van der Waals surface area (Å²) in [6.45, 7) is 6.92. The van der Waals surface area contributed by atoms with Gasteiger partial charge in [-0.05, 0) is 37.5 Å². The summed E-state index contributed by atoms with van der Waals surface area (Å²) in [5.41, 5.74) is 4.80. The van der Waals surface area contributed by atoms with Crippen LogP contribution in [-0.2, 0) is 0 Å². The lowest BCUT2D eigenvalue weighted by molar-refractivity contribution is 0.171. The number of aliphatic hydroxyl groups excluding tert-OH is 1. The Hall–Kier alpha value is -1.64. The molecular weight excluding hydrogens is 246 g/mol. The van der Waals surface area contributed by atoms with E-state index in [0.29, 0.717) is 6.54 Å². The van der Waals surface area contributed by atoms with Crippen LogP contribution in [0.15, 0.2) is 48.5 Å². The van der Waals surface area contributed by atoms with Crippen molar-refractivity contribution in [3.05, 3.63) is 70.8 Å². The van der Waals surface area contributed by atoms with Crippen molar-refractivity contribution in [3.8, 4) is 0 Å². The van der Waals surface area contributed by atoms with Crippen molar-refractivity contribution in [1.29, 1.82) is 0 Å². The van der Waals surface area contributed by atoms with Gasteiger partial charge in [-0.25, -0.2) is 0 Å². The molecule has 0 aliphatic rings. The molecule has 2 atom stereocenters. The molecule has 2 nitrogen and oxygen atoms in total. The summed E-state index contributed by atoms with van der Waals surface area (Å²) in [6, 6.07) is 16.5. The van der Waals surface area contributed by atoms with Crippen LogP contribution in [0.1, 0.15) is 41.3 Å². The second-order valence-corrected chi connectivity index (χ2v) is 5.42. The first-order valence-corrected chi connectivity index (χ1v) is 7.11. The molecule has 2 unspecified atom stereocenters. The molecule has 0 saturated heterocycles. The van der Waals surface area contributed by atoms with Crippen molar-refractivity contribution in [2.45, 2.75) is 32.9 Å². The first-order chi connectivity index (χ1) is 9.58. The van der Waals surface area contributed by atoms with Crippen LogP contribution in [0.4, 0.5) is 0 Å². The van der Waals surface area contributed by atoms with E-state index in [-0.39, 0.29) is 6.04 Å². The zero-order valence-electron chi connectivity index (χ0n) is 12.4. The molecule has 2 heteroatoms. The van der Waals surface area contributed by atoms with E-state index in [1.54, 1.807) is 0 Å². The zero-order chi connectivity index (χ0) is 14.5. The third-order valence-electron chi connectivity index (χ3n) is 3.70. The summed E-state index contributed by atoms with van der Waals surface area (Å²) in [4.78, 5) is 0. The fourth-order valence-electron chi connectivity index (χ4n) is 2.42. The van der Waals surface area contributed by atoms with E-state index in [1.807, 2.05) is 30.3 Å². The minimum atomic E-state index is -0.469. The largest absolute Gasteiger partial charge is 0.387 e. The molecule has 106 valence electrons. The normalized spacial score (nSPS) is 14.0. The van der Waals surface area contributed by atoms with Crippen molar-refractivity contribution in [3.63, 3.8) is 0 Å². The van der Waals surface area contributed by atoms with E-state index in [0.717, 1.165) is 5.56 Å². The predicted molar refractivity (Wildman–Crippen MR) is 83.7 cm³/mol. The number of hydrogen-bond donors (Lipinski definition) is 2. The Morgan fingerprint density at radius 1 is 1.05 bits per heavy atom. The van der Waals surface area contributed by atoms with Gasteiger partial charge in [0.05, 0.1) is 6.10 Å². The lowest BCUT2D eigenvalue weighted by Gasteiger charge is -2.20. The average Bonchev–Trinajstić information content (AvgIpc) is 2.47. The summed E-state index contributed by atoms with van der Waals surface area (Å²) in [5, 5.41) is 13.6. The van der Waals surface area contributed by atoms with Crippen LogP contribution in [-0.4, -0.2) is 11.7 Å². The van der Waals surface area contributed by atoms with Gasteiger partial charge in [0.2, 0.25) is 0 Å². The minimum Gasteiger partial charge on any atom is -0.387 e. The Bertz CT molecular complexity index is 551. The Labute approximate surface area is 121 Å². The standard InChI is InChI=1S/C18H23NO/c1-13-9-10-14(2)17(11-13)15(3)19-12-18(20)16-7-5-4-6-8-16/h4-11,15,18-20H,12H2,1-3H3. The van der Waals surface area contributed by atoms with E-state index in [9.17, 15) is 5.11 Å². The third-order valence-corrected chi connectivity index (χ3v) is 3.70. The number of benzene rings is 2. The van der Waals surface area contributed by atoms with Gasteiger partial charge < -0.3 is 10.4 Å². The summed E-state index contributed by atoms with van der Waals surface area (Å²) < 4.78 is 0.